The predicted molar refractivity (Wildman–Crippen MR) is 238 cm³/mol. The molecule has 3 aliphatic rings. The van der Waals surface area contributed by atoms with Crippen molar-refractivity contribution in [1.82, 2.24) is 0 Å². The Morgan fingerprint density at radius 2 is 1.07 bits per heavy atom. The minimum atomic E-state index is -0.497. The highest BCUT2D eigenvalue weighted by atomic mass is 16.6. The van der Waals surface area contributed by atoms with Crippen LogP contribution in [0, 0.1) is 13.8 Å². The molecule has 0 radical (unpaired) electrons. The van der Waals surface area contributed by atoms with Crippen molar-refractivity contribution in [3.63, 3.8) is 0 Å². The Morgan fingerprint density at radius 3 is 1.60 bits per heavy atom. The van der Waals surface area contributed by atoms with E-state index in [4.69, 9.17) is 18.6 Å². The van der Waals surface area contributed by atoms with Gasteiger partial charge in [0.2, 0.25) is 0 Å². The lowest BCUT2D eigenvalue weighted by atomic mass is 9.52. The molecule has 0 spiro atoms. The summed E-state index contributed by atoms with van der Waals surface area (Å²) < 4.78 is 26.3. The van der Waals surface area contributed by atoms with E-state index in [2.05, 4.69) is 90.9 Å². The quantitative estimate of drug-likeness (QED) is 0.0742. The smallest absolute Gasteiger partial charge is 0.523 e. The first kappa shape index (κ1) is 39.3. The SMILES string of the molecule is CCCCCCc1cc(CCCCCC)cc(C2(C)c3cc(B4Oc5ccccc5O4)c(C)cc3-c3cc(C)c(C(C)(CCC)B4Oc5ccccc5O4)cc32)c1. The standard InChI is InChI=1S/C51H60B2O4/c1-8-11-13-15-21-37-30-38(22-16-14-12-9-2)32-39(31-37)51(7)43-33-42(50(6,27-10-3)53-56-48-25-19-20-26-49(48)57-53)35(4)28-40(43)41-29-36(5)45(34-44(41)51)52-54-46-23-17-18-24-47(46)55-52/h17-20,23-26,28-34H,8-16,21-22,27H2,1-7H3. The van der Waals surface area contributed by atoms with Gasteiger partial charge in [0.15, 0.2) is 0 Å². The lowest BCUT2D eigenvalue weighted by Gasteiger charge is -2.34. The molecule has 6 heteroatoms. The Hall–Kier alpha value is -4.57. The van der Waals surface area contributed by atoms with Crippen molar-refractivity contribution in [2.45, 2.75) is 136 Å². The molecule has 57 heavy (non-hydrogen) atoms. The van der Waals surface area contributed by atoms with Crippen LogP contribution < -0.4 is 24.1 Å². The average Bonchev–Trinajstić information content (AvgIpc) is 3.91. The Kier molecular flexibility index (Phi) is 11.3. The van der Waals surface area contributed by atoms with Gasteiger partial charge in [0, 0.05) is 10.9 Å². The van der Waals surface area contributed by atoms with Crippen molar-refractivity contribution in [1.29, 1.82) is 0 Å². The molecule has 0 bridgehead atoms. The van der Waals surface area contributed by atoms with Crippen molar-refractivity contribution >= 4 is 19.7 Å². The molecule has 0 amide bonds. The van der Waals surface area contributed by atoms with Crippen LogP contribution in [0.5, 0.6) is 23.0 Å². The lowest BCUT2D eigenvalue weighted by Crippen LogP contribution is -2.48. The number of hydrogen-bond acceptors (Lipinski definition) is 4. The second kappa shape index (κ2) is 16.4. The highest BCUT2D eigenvalue weighted by Crippen LogP contribution is 2.55. The molecule has 0 saturated heterocycles. The predicted octanol–water partition coefficient (Wildman–Crippen LogP) is 12.6. The van der Waals surface area contributed by atoms with E-state index in [1.807, 2.05) is 48.5 Å². The topological polar surface area (TPSA) is 36.9 Å². The van der Waals surface area contributed by atoms with Gasteiger partial charge < -0.3 is 18.6 Å². The molecular formula is C51H60B2O4. The summed E-state index contributed by atoms with van der Waals surface area (Å²) in [7, 11) is -0.918. The van der Waals surface area contributed by atoms with E-state index < -0.39 is 19.7 Å². The molecule has 294 valence electrons. The van der Waals surface area contributed by atoms with Gasteiger partial charge in [-0.3, -0.25) is 0 Å². The summed E-state index contributed by atoms with van der Waals surface area (Å²) in [5.74, 6) is 3.24. The Balaban J connectivity index is 1.29. The molecule has 5 aromatic rings. The molecule has 2 atom stereocenters. The summed E-state index contributed by atoms with van der Waals surface area (Å²) in [6.45, 7) is 16.2. The Labute approximate surface area is 343 Å². The summed E-state index contributed by atoms with van der Waals surface area (Å²) in [4.78, 5) is 0. The van der Waals surface area contributed by atoms with Gasteiger partial charge in [-0.05, 0) is 133 Å². The van der Waals surface area contributed by atoms with Crippen LogP contribution in [-0.4, -0.2) is 14.2 Å². The molecule has 0 N–H and O–H groups in total. The molecule has 4 nitrogen and oxygen atoms in total. The summed E-state index contributed by atoms with van der Waals surface area (Å²) >= 11 is 0. The van der Waals surface area contributed by atoms with E-state index >= 15 is 0 Å². The van der Waals surface area contributed by atoms with Gasteiger partial charge in [-0.25, -0.2) is 0 Å². The number of hydrogen-bond donors (Lipinski definition) is 0. The summed E-state index contributed by atoms with van der Waals surface area (Å²) in [6, 6.07) is 33.5. The number of benzene rings is 5. The Bertz CT molecular complexity index is 2170. The fraction of sp³-hybridized carbons (Fsp3) is 0.412. The number of para-hydroxylation sites is 4. The minimum absolute atomic E-state index is 0.382. The molecule has 2 unspecified atom stereocenters. The third-order valence-corrected chi connectivity index (χ3v) is 13.2. The van der Waals surface area contributed by atoms with Crippen LogP contribution in [0.25, 0.3) is 11.1 Å². The zero-order chi connectivity index (χ0) is 39.7. The fourth-order valence-corrected chi connectivity index (χ4v) is 9.97. The third-order valence-electron chi connectivity index (χ3n) is 13.2. The van der Waals surface area contributed by atoms with E-state index in [1.165, 1.54) is 107 Å². The van der Waals surface area contributed by atoms with E-state index in [-0.39, 0.29) is 5.31 Å². The molecule has 2 heterocycles. The minimum Gasteiger partial charge on any atom is -0.523 e. The van der Waals surface area contributed by atoms with E-state index in [0.717, 1.165) is 54.1 Å². The fourth-order valence-electron chi connectivity index (χ4n) is 9.97. The molecule has 1 aliphatic carbocycles. The normalized spacial score (nSPS) is 17.2. The lowest BCUT2D eigenvalue weighted by molar-refractivity contribution is 0.404. The maximum atomic E-state index is 6.66. The second-order valence-corrected chi connectivity index (χ2v) is 17.4. The molecule has 0 saturated carbocycles. The third kappa shape index (κ3) is 7.27. The zero-order valence-corrected chi connectivity index (χ0v) is 35.4. The maximum absolute atomic E-state index is 6.66. The molecule has 5 aromatic carbocycles. The van der Waals surface area contributed by atoms with Crippen molar-refractivity contribution < 1.29 is 18.6 Å². The van der Waals surface area contributed by atoms with Gasteiger partial charge in [0.1, 0.15) is 23.0 Å². The van der Waals surface area contributed by atoms with Crippen LogP contribution in [-0.2, 0) is 23.6 Å². The number of aryl methyl sites for hydroxylation is 4. The molecule has 2 aliphatic heterocycles. The average molecular weight is 759 g/mol. The van der Waals surface area contributed by atoms with Crippen LogP contribution in [0.2, 0.25) is 0 Å². The Morgan fingerprint density at radius 1 is 0.561 bits per heavy atom. The first-order valence-corrected chi connectivity index (χ1v) is 22.0. The van der Waals surface area contributed by atoms with Crippen LogP contribution in [0.15, 0.2) is 91.0 Å². The number of rotatable bonds is 16. The van der Waals surface area contributed by atoms with Crippen molar-refractivity contribution in [2.75, 3.05) is 0 Å². The second-order valence-electron chi connectivity index (χ2n) is 17.4. The number of fused-ring (bicyclic) bond motifs is 5. The van der Waals surface area contributed by atoms with Gasteiger partial charge in [-0.2, -0.15) is 0 Å². The first-order valence-electron chi connectivity index (χ1n) is 22.0. The molecule has 0 fully saturated rings. The molecule has 8 rings (SSSR count). The highest BCUT2D eigenvalue weighted by molar-refractivity contribution is 6.64. The van der Waals surface area contributed by atoms with Crippen molar-refractivity contribution in [3.8, 4) is 34.1 Å². The van der Waals surface area contributed by atoms with Gasteiger partial charge in [-0.1, -0.05) is 139 Å². The summed E-state index contributed by atoms with van der Waals surface area (Å²) in [5, 5.41) is -0.382. The monoisotopic (exact) mass is 758 g/mol. The van der Waals surface area contributed by atoms with E-state index in [1.54, 1.807) is 0 Å². The van der Waals surface area contributed by atoms with Crippen molar-refractivity contribution in [3.05, 3.63) is 136 Å². The van der Waals surface area contributed by atoms with Gasteiger partial charge in [0.05, 0.1) is 5.31 Å². The van der Waals surface area contributed by atoms with Gasteiger partial charge in [-0.15, -0.1) is 0 Å². The van der Waals surface area contributed by atoms with E-state index in [9.17, 15) is 0 Å². The first-order chi connectivity index (χ1) is 27.7. The van der Waals surface area contributed by atoms with Crippen LogP contribution in [0.3, 0.4) is 0 Å². The highest BCUT2D eigenvalue weighted by Gasteiger charge is 2.52. The number of unbranched alkanes of at least 4 members (excludes halogenated alkanes) is 6. The molecular weight excluding hydrogens is 698 g/mol. The van der Waals surface area contributed by atoms with Crippen LogP contribution in [0.1, 0.15) is 143 Å². The largest absolute Gasteiger partial charge is 0.633 e. The van der Waals surface area contributed by atoms with Gasteiger partial charge >= 0.3 is 14.2 Å². The molecule has 0 aromatic heterocycles. The maximum Gasteiger partial charge on any atom is 0.633 e. The van der Waals surface area contributed by atoms with E-state index in [0.29, 0.717) is 0 Å². The van der Waals surface area contributed by atoms with Crippen molar-refractivity contribution in [2.24, 2.45) is 0 Å². The van der Waals surface area contributed by atoms with Crippen LogP contribution >= 0.6 is 0 Å². The summed E-state index contributed by atoms with van der Waals surface area (Å²) in [6.07, 6.45) is 14.2. The summed E-state index contributed by atoms with van der Waals surface area (Å²) in [5.41, 5.74) is 14.0. The van der Waals surface area contributed by atoms with Gasteiger partial charge in [0.25, 0.3) is 0 Å². The van der Waals surface area contributed by atoms with Crippen LogP contribution in [0.4, 0.5) is 0 Å². The zero-order valence-electron chi connectivity index (χ0n) is 35.4.